The Hall–Kier alpha value is -3.01. The van der Waals surface area contributed by atoms with Gasteiger partial charge in [0, 0.05) is 63.6 Å². The van der Waals surface area contributed by atoms with E-state index in [0.717, 1.165) is 28.2 Å². The third-order valence-electron chi connectivity index (χ3n) is 5.63. The van der Waals surface area contributed by atoms with Gasteiger partial charge in [-0.25, -0.2) is 9.97 Å². The standard InChI is InChI=1S/C23H28N4O5/c1-15-9-18(20-12-22(25-16(2)28)24-14-27(15)20)19-10-17(32-8-7-29-3)11-21(26-19)23(30-4)5-6-31-13-23/h9-12,14H,5-8,13H2,1-4H3,(H,25,28)/t23-/m0/s1. The molecule has 3 aromatic rings. The number of ether oxygens (including phenoxy) is 4. The van der Waals surface area contributed by atoms with Gasteiger partial charge in [0.05, 0.1) is 30.1 Å². The SMILES string of the molecule is COCCOc1cc(-c2cc(C)n3cnc(NC(C)=O)cc23)nc([C@]2(OC)CCOC2)c1. The molecule has 4 rings (SSSR count). The second-order valence-electron chi connectivity index (χ2n) is 7.83. The molecule has 0 saturated carbocycles. The van der Waals surface area contributed by atoms with Gasteiger partial charge in [-0.3, -0.25) is 4.79 Å². The van der Waals surface area contributed by atoms with Crippen LogP contribution in [0, 0.1) is 6.92 Å². The minimum absolute atomic E-state index is 0.177. The highest BCUT2D eigenvalue weighted by atomic mass is 16.6. The fourth-order valence-electron chi connectivity index (χ4n) is 3.93. The van der Waals surface area contributed by atoms with Gasteiger partial charge in [0.25, 0.3) is 0 Å². The summed E-state index contributed by atoms with van der Waals surface area (Å²) in [7, 11) is 3.32. The number of nitrogens with one attached hydrogen (secondary N) is 1. The van der Waals surface area contributed by atoms with Crippen molar-refractivity contribution in [3.63, 3.8) is 0 Å². The molecule has 1 aliphatic heterocycles. The highest BCUT2D eigenvalue weighted by molar-refractivity contribution is 5.90. The number of aryl methyl sites for hydroxylation is 1. The van der Waals surface area contributed by atoms with Crippen molar-refractivity contribution in [2.75, 3.05) is 46.0 Å². The highest BCUT2D eigenvalue weighted by Gasteiger charge is 2.39. The lowest BCUT2D eigenvalue weighted by atomic mass is 9.97. The molecule has 1 saturated heterocycles. The molecule has 4 heterocycles. The van der Waals surface area contributed by atoms with Gasteiger partial charge in [-0.15, -0.1) is 0 Å². The highest BCUT2D eigenvalue weighted by Crippen LogP contribution is 2.37. The van der Waals surface area contributed by atoms with Crippen LogP contribution in [0.5, 0.6) is 5.75 Å². The number of methoxy groups -OCH3 is 2. The number of aromatic nitrogens is 3. The molecule has 9 heteroatoms. The fourth-order valence-corrected chi connectivity index (χ4v) is 3.93. The van der Waals surface area contributed by atoms with Gasteiger partial charge in [0.1, 0.15) is 30.1 Å². The number of amides is 1. The number of anilines is 1. The Bertz CT molecular complexity index is 1120. The normalized spacial score (nSPS) is 18.2. The van der Waals surface area contributed by atoms with E-state index in [1.807, 2.05) is 35.6 Å². The van der Waals surface area contributed by atoms with Crippen molar-refractivity contribution in [1.82, 2.24) is 14.4 Å². The lowest BCUT2D eigenvalue weighted by Crippen LogP contribution is -2.30. The topological polar surface area (TPSA) is 96.2 Å². The molecule has 1 aliphatic rings. The zero-order valence-electron chi connectivity index (χ0n) is 18.8. The Kier molecular flexibility index (Phi) is 6.40. The molecule has 170 valence electrons. The number of pyridine rings is 1. The Morgan fingerprint density at radius 1 is 1.25 bits per heavy atom. The second-order valence-corrected chi connectivity index (χ2v) is 7.83. The van der Waals surface area contributed by atoms with E-state index in [9.17, 15) is 4.79 Å². The third-order valence-corrected chi connectivity index (χ3v) is 5.63. The molecular formula is C23H28N4O5. The Balaban J connectivity index is 1.84. The van der Waals surface area contributed by atoms with E-state index in [1.54, 1.807) is 20.5 Å². The summed E-state index contributed by atoms with van der Waals surface area (Å²) < 4.78 is 24.6. The van der Waals surface area contributed by atoms with E-state index < -0.39 is 5.60 Å². The van der Waals surface area contributed by atoms with Gasteiger partial charge >= 0.3 is 0 Å². The number of carbonyl (C=O) groups excluding carboxylic acids is 1. The Morgan fingerprint density at radius 3 is 2.78 bits per heavy atom. The molecule has 0 spiro atoms. The van der Waals surface area contributed by atoms with E-state index in [0.29, 0.717) is 44.4 Å². The summed E-state index contributed by atoms with van der Waals surface area (Å²) >= 11 is 0. The van der Waals surface area contributed by atoms with E-state index in [-0.39, 0.29) is 5.91 Å². The minimum atomic E-state index is -0.622. The summed E-state index contributed by atoms with van der Waals surface area (Å²) in [5.74, 6) is 0.983. The molecular weight excluding hydrogens is 412 g/mol. The molecule has 0 aliphatic carbocycles. The van der Waals surface area contributed by atoms with Crippen molar-refractivity contribution < 1.29 is 23.7 Å². The third kappa shape index (κ3) is 4.32. The van der Waals surface area contributed by atoms with Crippen LogP contribution in [0.25, 0.3) is 16.8 Å². The quantitative estimate of drug-likeness (QED) is 0.538. The predicted molar refractivity (Wildman–Crippen MR) is 119 cm³/mol. The number of hydrogen-bond acceptors (Lipinski definition) is 7. The van der Waals surface area contributed by atoms with Crippen molar-refractivity contribution in [3.8, 4) is 17.0 Å². The first-order valence-electron chi connectivity index (χ1n) is 10.5. The van der Waals surface area contributed by atoms with Crippen molar-refractivity contribution in [2.24, 2.45) is 0 Å². The Morgan fingerprint density at radius 2 is 2.09 bits per heavy atom. The number of rotatable bonds is 8. The summed E-state index contributed by atoms with van der Waals surface area (Å²) in [6, 6.07) is 7.71. The van der Waals surface area contributed by atoms with Crippen LogP contribution >= 0.6 is 0 Å². The van der Waals surface area contributed by atoms with Crippen LogP contribution in [0.4, 0.5) is 5.82 Å². The van der Waals surface area contributed by atoms with Crippen LogP contribution in [-0.4, -0.2) is 60.9 Å². The number of carbonyl (C=O) groups is 1. The van der Waals surface area contributed by atoms with Gasteiger partial charge in [0.2, 0.25) is 5.91 Å². The van der Waals surface area contributed by atoms with Crippen LogP contribution in [0.2, 0.25) is 0 Å². The van der Waals surface area contributed by atoms with E-state index >= 15 is 0 Å². The molecule has 0 bridgehead atoms. The molecule has 0 radical (unpaired) electrons. The fraction of sp³-hybridized carbons (Fsp3) is 0.435. The van der Waals surface area contributed by atoms with Crippen LogP contribution in [0.3, 0.4) is 0 Å². The molecule has 1 N–H and O–H groups in total. The van der Waals surface area contributed by atoms with Gasteiger partial charge in [-0.05, 0) is 13.0 Å². The molecule has 0 aromatic carbocycles. The zero-order valence-corrected chi connectivity index (χ0v) is 18.8. The van der Waals surface area contributed by atoms with Gasteiger partial charge < -0.3 is 28.7 Å². The number of fused-ring (bicyclic) bond motifs is 1. The number of nitrogens with zero attached hydrogens (tertiary/aromatic N) is 3. The summed E-state index contributed by atoms with van der Waals surface area (Å²) in [4.78, 5) is 20.8. The van der Waals surface area contributed by atoms with Crippen LogP contribution in [0.1, 0.15) is 24.7 Å². The summed E-state index contributed by atoms with van der Waals surface area (Å²) in [6.45, 7) is 5.40. The van der Waals surface area contributed by atoms with Crippen LogP contribution in [-0.2, 0) is 24.6 Å². The molecule has 1 fully saturated rings. The first kappa shape index (κ1) is 22.2. The lowest BCUT2D eigenvalue weighted by Gasteiger charge is -2.26. The van der Waals surface area contributed by atoms with Gasteiger partial charge in [0.15, 0.2) is 0 Å². The van der Waals surface area contributed by atoms with Gasteiger partial charge in [-0.2, -0.15) is 0 Å². The van der Waals surface area contributed by atoms with Crippen LogP contribution < -0.4 is 10.1 Å². The first-order valence-corrected chi connectivity index (χ1v) is 10.5. The van der Waals surface area contributed by atoms with Crippen molar-refractivity contribution >= 4 is 17.2 Å². The number of hydrogen-bond donors (Lipinski definition) is 1. The van der Waals surface area contributed by atoms with Crippen molar-refractivity contribution in [2.45, 2.75) is 25.9 Å². The molecule has 3 aromatic heterocycles. The predicted octanol–water partition coefficient (Wildman–Crippen LogP) is 2.95. The monoisotopic (exact) mass is 440 g/mol. The molecule has 1 amide bonds. The average molecular weight is 441 g/mol. The van der Waals surface area contributed by atoms with Crippen molar-refractivity contribution in [3.05, 3.63) is 42.0 Å². The van der Waals surface area contributed by atoms with E-state index in [4.69, 9.17) is 23.9 Å². The summed E-state index contributed by atoms with van der Waals surface area (Å²) in [6.07, 6.45) is 2.41. The van der Waals surface area contributed by atoms with E-state index in [1.165, 1.54) is 6.92 Å². The Labute approximate surface area is 186 Å². The maximum Gasteiger partial charge on any atom is 0.222 e. The van der Waals surface area contributed by atoms with Crippen LogP contribution in [0.15, 0.2) is 30.6 Å². The van der Waals surface area contributed by atoms with E-state index in [2.05, 4.69) is 10.3 Å². The first-order chi connectivity index (χ1) is 15.5. The van der Waals surface area contributed by atoms with Crippen molar-refractivity contribution in [1.29, 1.82) is 0 Å². The minimum Gasteiger partial charge on any atom is -0.491 e. The van der Waals surface area contributed by atoms with Gasteiger partial charge in [-0.1, -0.05) is 0 Å². The second kappa shape index (κ2) is 9.23. The molecule has 9 nitrogen and oxygen atoms in total. The summed E-state index contributed by atoms with van der Waals surface area (Å²) in [5.41, 5.74) is 3.65. The lowest BCUT2D eigenvalue weighted by molar-refractivity contribution is -0.114. The maximum absolute atomic E-state index is 11.5. The largest absolute Gasteiger partial charge is 0.491 e. The molecule has 0 unspecified atom stereocenters. The average Bonchev–Trinajstić information content (AvgIpc) is 3.39. The smallest absolute Gasteiger partial charge is 0.222 e. The molecule has 32 heavy (non-hydrogen) atoms. The molecule has 1 atom stereocenters. The zero-order chi connectivity index (χ0) is 22.7. The maximum atomic E-state index is 11.5. The summed E-state index contributed by atoms with van der Waals surface area (Å²) in [5, 5.41) is 2.74.